The summed E-state index contributed by atoms with van der Waals surface area (Å²) in [6, 6.07) is 2.48. The summed E-state index contributed by atoms with van der Waals surface area (Å²) in [6.07, 6.45) is -5.11. The van der Waals surface area contributed by atoms with Gasteiger partial charge in [0.25, 0.3) is 0 Å². The minimum absolute atomic E-state index is 0.0569. The van der Waals surface area contributed by atoms with Crippen molar-refractivity contribution < 1.29 is 27.5 Å². The lowest BCUT2D eigenvalue weighted by Gasteiger charge is -2.09. The third kappa shape index (κ3) is 3.22. The highest BCUT2D eigenvalue weighted by Gasteiger charge is 2.34. The zero-order valence-electron chi connectivity index (χ0n) is 8.01. The number of aliphatic carboxylic acids is 1. The Morgan fingerprint density at radius 3 is 2.44 bits per heavy atom. The first-order chi connectivity index (χ1) is 7.30. The van der Waals surface area contributed by atoms with E-state index >= 15 is 0 Å². The topological polar surface area (TPSA) is 37.3 Å². The van der Waals surface area contributed by atoms with Gasteiger partial charge in [-0.2, -0.15) is 13.2 Å². The van der Waals surface area contributed by atoms with Gasteiger partial charge in [-0.1, -0.05) is 6.07 Å². The molecule has 0 bridgehead atoms. The number of halogens is 4. The van der Waals surface area contributed by atoms with Crippen molar-refractivity contribution in [3.8, 4) is 0 Å². The third-order valence-corrected chi connectivity index (χ3v) is 1.96. The van der Waals surface area contributed by atoms with Crippen molar-refractivity contribution in [2.24, 2.45) is 0 Å². The lowest BCUT2D eigenvalue weighted by molar-refractivity contribution is -0.140. The maximum Gasteiger partial charge on any atom is 0.419 e. The van der Waals surface area contributed by atoms with Crippen LogP contribution in [0.2, 0.25) is 0 Å². The zero-order valence-corrected chi connectivity index (χ0v) is 8.01. The highest BCUT2D eigenvalue weighted by molar-refractivity contribution is 5.67. The molecule has 0 atom stereocenters. The molecule has 0 amide bonds. The van der Waals surface area contributed by atoms with E-state index in [1.54, 1.807) is 0 Å². The average Bonchev–Trinajstić information content (AvgIpc) is 2.14. The first-order valence-electron chi connectivity index (χ1n) is 4.38. The number of rotatable bonds is 3. The highest BCUT2D eigenvalue weighted by atomic mass is 19.4. The predicted octanol–water partition coefficient (Wildman–Crippen LogP) is 2.86. The van der Waals surface area contributed by atoms with Gasteiger partial charge in [0, 0.05) is 6.42 Å². The quantitative estimate of drug-likeness (QED) is 0.819. The Morgan fingerprint density at radius 1 is 1.31 bits per heavy atom. The molecule has 0 heterocycles. The van der Waals surface area contributed by atoms with Crippen LogP contribution in [0.1, 0.15) is 17.5 Å². The second kappa shape index (κ2) is 4.51. The van der Waals surface area contributed by atoms with Gasteiger partial charge in [-0.25, -0.2) is 4.39 Å². The fourth-order valence-electron chi connectivity index (χ4n) is 1.20. The third-order valence-electron chi connectivity index (χ3n) is 1.96. The summed E-state index contributed by atoms with van der Waals surface area (Å²) in [6.45, 7) is 0. The molecule has 0 saturated carbocycles. The number of alkyl halides is 3. The van der Waals surface area contributed by atoms with Crippen molar-refractivity contribution >= 4 is 5.97 Å². The Kier molecular flexibility index (Phi) is 3.51. The summed E-state index contributed by atoms with van der Waals surface area (Å²) >= 11 is 0. The maximum absolute atomic E-state index is 12.8. The largest absolute Gasteiger partial charge is 0.481 e. The number of hydrogen-bond donors (Lipinski definition) is 1. The number of aryl methyl sites for hydroxylation is 1. The predicted molar refractivity (Wildman–Crippen MR) is 47.4 cm³/mol. The molecule has 0 unspecified atom stereocenters. The number of benzene rings is 1. The standard InChI is InChI=1S/C10H8F4O2/c11-8-3-1-6(2-4-9(15)16)5-7(8)10(12,13)14/h1,3,5H,2,4H2,(H,15,16). The van der Waals surface area contributed by atoms with E-state index in [1.165, 1.54) is 0 Å². The van der Waals surface area contributed by atoms with Crippen molar-refractivity contribution in [2.75, 3.05) is 0 Å². The number of carboxylic acid groups (broad SMARTS) is 1. The lowest BCUT2D eigenvalue weighted by atomic mass is 10.1. The van der Waals surface area contributed by atoms with Gasteiger partial charge in [0.05, 0.1) is 5.56 Å². The van der Waals surface area contributed by atoms with Crippen molar-refractivity contribution in [1.29, 1.82) is 0 Å². The first-order valence-corrected chi connectivity index (χ1v) is 4.38. The molecule has 2 nitrogen and oxygen atoms in total. The van der Waals surface area contributed by atoms with Crippen LogP contribution in [0.15, 0.2) is 18.2 Å². The van der Waals surface area contributed by atoms with Crippen LogP contribution in [-0.4, -0.2) is 11.1 Å². The van der Waals surface area contributed by atoms with Gasteiger partial charge in [-0.15, -0.1) is 0 Å². The van der Waals surface area contributed by atoms with Crippen LogP contribution in [0.3, 0.4) is 0 Å². The second-order valence-corrected chi connectivity index (χ2v) is 3.21. The van der Waals surface area contributed by atoms with E-state index in [-0.39, 0.29) is 18.4 Å². The van der Waals surface area contributed by atoms with E-state index < -0.39 is 23.5 Å². The summed E-state index contributed by atoms with van der Waals surface area (Å²) in [7, 11) is 0. The molecule has 1 N–H and O–H groups in total. The van der Waals surface area contributed by atoms with Crippen LogP contribution in [0.4, 0.5) is 17.6 Å². The molecule has 0 aromatic heterocycles. The Labute approximate surface area is 88.5 Å². The summed E-state index contributed by atoms with van der Waals surface area (Å²) in [5.41, 5.74) is -1.22. The van der Waals surface area contributed by atoms with Crippen LogP contribution in [-0.2, 0) is 17.4 Å². The van der Waals surface area contributed by atoms with Gasteiger partial charge in [0.2, 0.25) is 0 Å². The molecule has 16 heavy (non-hydrogen) atoms. The number of carboxylic acids is 1. The van der Waals surface area contributed by atoms with E-state index in [0.717, 1.165) is 6.07 Å². The van der Waals surface area contributed by atoms with Crippen LogP contribution in [0.5, 0.6) is 0 Å². The molecule has 0 aliphatic heterocycles. The average molecular weight is 236 g/mol. The van der Waals surface area contributed by atoms with Crippen LogP contribution >= 0.6 is 0 Å². The van der Waals surface area contributed by atoms with E-state index in [4.69, 9.17) is 5.11 Å². The minimum atomic E-state index is -4.76. The Balaban J connectivity index is 2.94. The van der Waals surface area contributed by atoms with Crippen molar-refractivity contribution in [3.05, 3.63) is 35.1 Å². The second-order valence-electron chi connectivity index (χ2n) is 3.21. The first kappa shape index (κ1) is 12.5. The van der Waals surface area contributed by atoms with Gasteiger partial charge in [-0.05, 0) is 24.1 Å². The molecule has 0 aliphatic rings. The monoisotopic (exact) mass is 236 g/mol. The minimum Gasteiger partial charge on any atom is -0.481 e. The smallest absolute Gasteiger partial charge is 0.419 e. The molecule has 6 heteroatoms. The molecule has 1 rings (SSSR count). The van der Waals surface area contributed by atoms with E-state index in [2.05, 4.69) is 0 Å². The summed E-state index contributed by atoms with van der Waals surface area (Å²) < 4.78 is 49.6. The van der Waals surface area contributed by atoms with Crippen molar-refractivity contribution in [2.45, 2.75) is 19.0 Å². The summed E-state index contributed by atoms with van der Waals surface area (Å²) in [5.74, 6) is -2.47. The molecule has 88 valence electrons. The lowest BCUT2D eigenvalue weighted by Crippen LogP contribution is -2.09. The fraction of sp³-hybridized carbons (Fsp3) is 0.300. The zero-order chi connectivity index (χ0) is 12.3. The molecular weight excluding hydrogens is 228 g/mol. The van der Waals surface area contributed by atoms with Gasteiger partial charge >= 0.3 is 12.1 Å². The van der Waals surface area contributed by atoms with Crippen molar-refractivity contribution in [1.82, 2.24) is 0 Å². The molecule has 0 radical (unpaired) electrons. The van der Waals surface area contributed by atoms with E-state index in [1.807, 2.05) is 0 Å². The van der Waals surface area contributed by atoms with Gasteiger partial charge in [0.1, 0.15) is 5.82 Å². The van der Waals surface area contributed by atoms with Crippen LogP contribution in [0.25, 0.3) is 0 Å². The van der Waals surface area contributed by atoms with Crippen molar-refractivity contribution in [3.63, 3.8) is 0 Å². The van der Waals surface area contributed by atoms with Crippen LogP contribution < -0.4 is 0 Å². The molecule has 0 spiro atoms. The van der Waals surface area contributed by atoms with Gasteiger partial charge < -0.3 is 5.11 Å². The SMILES string of the molecule is O=C(O)CCc1ccc(F)c(C(F)(F)F)c1. The Hall–Kier alpha value is -1.59. The summed E-state index contributed by atoms with van der Waals surface area (Å²) in [4.78, 5) is 10.2. The normalized spacial score (nSPS) is 11.5. The molecule has 0 fully saturated rings. The number of hydrogen-bond acceptors (Lipinski definition) is 1. The molecule has 1 aromatic rings. The van der Waals surface area contributed by atoms with Gasteiger partial charge in [-0.3, -0.25) is 4.79 Å². The maximum atomic E-state index is 12.8. The van der Waals surface area contributed by atoms with Crippen LogP contribution in [0, 0.1) is 5.82 Å². The highest BCUT2D eigenvalue weighted by Crippen LogP contribution is 2.32. The molecule has 0 saturated heterocycles. The fourth-order valence-corrected chi connectivity index (χ4v) is 1.20. The Bertz CT molecular complexity index is 398. The molecule has 1 aromatic carbocycles. The molecular formula is C10H8F4O2. The number of carbonyl (C=O) groups is 1. The van der Waals surface area contributed by atoms with E-state index in [0.29, 0.717) is 12.1 Å². The van der Waals surface area contributed by atoms with Gasteiger partial charge in [0.15, 0.2) is 0 Å². The summed E-state index contributed by atoms with van der Waals surface area (Å²) in [5, 5.41) is 8.36. The molecule has 0 aliphatic carbocycles. The van der Waals surface area contributed by atoms with E-state index in [9.17, 15) is 22.4 Å². The Morgan fingerprint density at radius 2 is 1.94 bits per heavy atom.